The Morgan fingerprint density at radius 1 is 1.62 bits per heavy atom. The molecule has 2 N–H and O–H groups in total. The molecule has 1 rings (SSSR count). The Bertz CT molecular complexity index is 171. The second-order valence-corrected chi connectivity index (χ2v) is 3.28. The molecule has 4 nitrogen and oxygen atoms in total. The highest BCUT2D eigenvalue weighted by Crippen LogP contribution is 2.03. The summed E-state index contributed by atoms with van der Waals surface area (Å²) in [4.78, 5) is 4.32. The Morgan fingerprint density at radius 2 is 2.46 bits per heavy atom. The summed E-state index contributed by atoms with van der Waals surface area (Å²) in [5, 5.41) is 12.5. The van der Waals surface area contributed by atoms with Crippen molar-refractivity contribution >= 4 is 5.84 Å². The number of hydrogen-bond acceptors (Lipinski definition) is 4. The maximum atomic E-state index is 9.34. The molecule has 0 fully saturated rings. The molecule has 1 unspecified atom stereocenters. The molecule has 1 atom stereocenters. The molecule has 1 aliphatic rings. The summed E-state index contributed by atoms with van der Waals surface area (Å²) in [6, 6.07) is 0. The van der Waals surface area contributed by atoms with Gasteiger partial charge in [-0.1, -0.05) is 0 Å². The minimum atomic E-state index is -0.436. The van der Waals surface area contributed by atoms with Crippen LogP contribution in [0.3, 0.4) is 0 Å². The molecular weight excluding hydrogens is 168 g/mol. The van der Waals surface area contributed by atoms with Crippen LogP contribution in [0.1, 0.15) is 19.3 Å². The average Bonchev–Trinajstić information content (AvgIpc) is 2.17. The number of nitrogens with one attached hydrogen (secondary N) is 1. The second-order valence-electron chi connectivity index (χ2n) is 3.28. The van der Waals surface area contributed by atoms with Gasteiger partial charge in [-0.2, -0.15) is 0 Å². The average molecular weight is 186 g/mol. The van der Waals surface area contributed by atoms with Gasteiger partial charge in [0, 0.05) is 26.6 Å². The second kappa shape index (κ2) is 5.94. The lowest BCUT2D eigenvalue weighted by Gasteiger charge is -2.16. The monoisotopic (exact) mass is 186 g/mol. The first-order valence-corrected chi connectivity index (χ1v) is 4.77. The van der Waals surface area contributed by atoms with Crippen molar-refractivity contribution in [1.29, 1.82) is 0 Å². The molecule has 0 radical (unpaired) electrons. The van der Waals surface area contributed by atoms with Crippen molar-refractivity contribution in [1.82, 2.24) is 5.32 Å². The molecule has 0 saturated heterocycles. The quantitative estimate of drug-likeness (QED) is 0.658. The smallest absolute Gasteiger partial charge is 0.0963 e. The summed E-state index contributed by atoms with van der Waals surface area (Å²) < 4.78 is 4.81. The number of hydrogen-bond donors (Lipinski definition) is 2. The maximum absolute atomic E-state index is 9.34. The topological polar surface area (TPSA) is 53.9 Å². The largest absolute Gasteiger partial charge is 0.389 e. The van der Waals surface area contributed by atoms with Gasteiger partial charge in [0.25, 0.3) is 0 Å². The van der Waals surface area contributed by atoms with Gasteiger partial charge in [0.05, 0.1) is 18.5 Å². The van der Waals surface area contributed by atoms with E-state index in [4.69, 9.17) is 4.74 Å². The third-order valence-electron chi connectivity index (χ3n) is 2.03. The highest BCUT2D eigenvalue weighted by atomic mass is 16.5. The Morgan fingerprint density at radius 3 is 3.08 bits per heavy atom. The van der Waals surface area contributed by atoms with Gasteiger partial charge in [-0.3, -0.25) is 4.99 Å². The first kappa shape index (κ1) is 10.5. The highest BCUT2D eigenvalue weighted by molar-refractivity contribution is 5.82. The predicted octanol–water partition coefficient (Wildman–Crippen LogP) is 0.166. The lowest BCUT2D eigenvalue weighted by atomic mass is 10.2. The van der Waals surface area contributed by atoms with Crippen LogP contribution in [0, 0.1) is 0 Å². The van der Waals surface area contributed by atoms with Crippen molar-refractivity contribution in [2.24, 2.45) is 4.99 Å². The Kier molecular flexibility index (Phi) is 4.78. The van der Waals surface area contributed by atoms with E-state index in [2.05, 4.69) is 10.3 Å². The summed E-state index contributed by atoms with van der Waals surface area (Å²) in [5.74, 6) is 1.03. The van der Waals surface area contributed by atoms with Gasteiger partial charge in [0.2, 0.25) is 0 Å². The molecular formula is C9H18N2O2. The van der Waals surface area contributed by atoms with Crippen LogP contribution in [0.25, 0.3) is 0 Å². The van der Waals surface area contributed by atoms with Gasteiger partial charge in [-0.15, -0.1) is 0 Å². The zero-order chi connectivity index (χ0) is 9.52. The number of amidine groups is 1. The summed E-state index contributed by atoms with van der Waals surface area (Å²) in [5.41, 5.74) is 0. The first-order valence-electron chi connectivity index (χ1n) is 4.77. The third kappa shape index (κ3) is 4.24. The number of rotatable bonds is 4. The number of aliphatic hydroxyl groups excluding tert-OH is 1. The molecule has 0 spiro atoms. The molecule has 76 valence electrons. The van der Waals surface area contributed by atoms with Gasteiger partial charge in [-0.05, 0) is 12.8 Å². The van der Waals surface area contributed by atoms with Crippen LogP contribution in [0.4, 0.5) is 0 Å². The van der Waals surface area contributed by atoms with Crippen LogP contribution >= 0.6 is 0 Å². The normalized spacial score (nSPS) is 19.4. The zero-order valence-electron chi connectivity index (χ0n) is 8.12. The van der Waals surface area contributed by atoms with E-state index < -0.39 is 6.10 Å². The number of ether oxygens (including phenoxy) is 1. The van der Waals surface area contributed by atoms with E-state index in [0.29, 0.717) is 13.2 Å². The van der Waals surface area contributed by atoms with Crippen molar-refractivity contribution in [2.45, 2.75) is 25.4 Å². The number of methoxy groups -OCH3 is 1. The molecule has 13 heavy (non-hydrogen) atoms. The van der Waals surface area contributed by atoms with Crippen LogP contribution in [-0.4, -0.2) is 43.9 Å². The SMILES string of the molecule is COCC(O)CNC1=NCCCC1. The lowest BCUT2D eigenvalue weighted by molar-refractivity contribution is 0.0673. The summed E-state index contributed by atoms with van der Waals surface area (Å²) in [6.07, 6.45) is 2.96. The van der Waals surface area contributed by atoms with E-state index in [1.54, 1.807) is 7.11 Å². The maximum Gasteiger partial charge on any atom is 0.0963 e. The van der Waals surface area contributed by atoms with Crippen molar-refractivity contribution in [3.63, 3.8) is 0 Å². The van der Waals surface area contributed by atoms with Crippen molar-refractivity contribution in [3.05, 3.63) is 0 Å². The van der Waals surface area contributed by atoms with Crippen LogP contribution in [0.2, 0.25) is 0 Å². The van der Waals surface area contributed by atoms with Crippen LogP contribution < -0.4 is 5.32 Å². The fraction of sp³-hybridized carbons (Fsp3) is 0.889. The Balaban J connectivity index is 2.13. The first-order chi connectivity index (χ1) is 6.33. The predicted molar refractivity (Wildman–Crippen MR) is 52.0 cm³/mol. The number of nitrogens with zero attached hydrogens (tertiary/aromatic N) is 1. The van der Waals surface area contributed by atoms with E-state index in [-0.39, 0.29) is 0 Å². The van der Waals surface area contributed by atoms with E-state index >= 15 is 0 Å². The van der Waals surface area contributed by atoms with Gasteiger partial charge < -0.3 is 15.2 Å². The van der Waals surface area contributed by atoms with E-state index in [9.17, 15) is 5.11 Å². The van der Waals surface area contributed by atoms with Crippen LogP contribution in [0.15, 0.2) is 4.99 Å². The minimum absolute atomic E-state index is 0.375. The Hall–Kier alpha value is -0.610. The molecule has 0 aromatic carbocycles. The molecule has 0 amide bonds. The van der Waals surface area contributed by atoms with Crippen LogP contribution in [0.5, 0.6) is 0 Å². The molecule has 4 heteroatoms. The van der Waals surface area contributed by atoms with Crippen molar-refractivity contribution in [3.8, 4) is 0 Å². The third-order valence-corrected chi connectivity index (χ3v) is 2.03. The molecule has 0 aromatic heterocycles. The molecule has 0 bridgehead atoms. The zero-order valence-corrected chi connectivity index (χ0v) is 8.12. The summed E-state index contributed by atoms with van der Waals surface area (Å²) in [6.45, 7) is 1.83. The highest BCUT2D eigenvalue weighted by Gasteiger charge is 2.07. The van der Waals surface area contributed by atoms with E-state index in [1.165, 1.54) is 12.8 Å². The van der Waals surface area contributed by atoms with Crippen molar-refractivity contribution < 1.29 is 9.84 Å². The number of aliphatic hydroxyl groups is 1. The minimum Gasteiger partial charge on any atom is -0.389 e. The van der Waals surface area contributed by atoms with Crippen LogP contribution in [-0.2, 0) is 4.74 Å². The fourth-order valence-electron chi connectivity index (χ4n) is 1.33. The standard InChI is InChI=1S/C9H18N2O2/c1-13-7-8(12)6-11-9-4-2-3-5-10-9/h8,12H,2-7H2,1H3,(H,10,11). The molecule has 0 aliphatic carbocycles. The van der Waals surface area contributed by atoms with E-state index in [1.807, 2.05) is 0 Å². The molecule has 0 saturated carbocycles. The molecule has 1 aliphatic heterocycles. The van der Waals surface area contributed by atoms with Gasteiger partial charge >= 0.3 is 0 Å². The Labute approximate surface area is 79.0 Å². The van der Waals surface area contributed by atoms with Gasteiger partial charge in [0.15, 0.2) is 0 Å². The van der Waals surface area contributed by atoms with Gasteiger partial charge in [-0.25, -0.2) is 0 Å². The summed E-state index contributed by atoms with van der Waals surface area (Å²) in [7, 11) is 1.58. The molecule has 0 aromatic rings. The molecule has 1 heterocycles. The van der Waals surface area contributed by atoms with Gasteiger partial charge in [0.1, 0.15) is 0 Å². The summed E-state index contributed by atoms with van der Waals surface area (Å²) >= 11 is 0. The number of aliphatic imine (C=N–C) groups is 1. The fourth-order valence-corrected chi connectivity index (χ4v) is 1.33. The van der Waals surface area contributed by atoms with Crippen molar-refractivity contribution in [2.75, 3.05) is 26.8 Å². The van der Waals surface area contributed by atoms with E-state index in [0.717, 1.165) is 18.8 Å². The lowest BCUT2D eigenvalue weighted by Crippen LogP contribution is -2.35.